The molecule has 2 amide bonds. The lowest BCUT2D eigenvalue weighted by atomic mass is 10.2. The monoisotopic (exact) mass is 496 g/mol. The van der Waals surface area contributed by atoms with Crippen LogP contribution in [0.5, 0.6) is 5.75 Å². The van der Waals surface area contributed by atoms with Crippen molar-refractivity contribution >= 4 is 45.3 Å². The van der Waals surface area contributed by atoms with E-state index in [0.717, 1.165) is 10.0 Å². The standard InChI is InChI=1S/C22H17BrN4O5/c23-17-3-1-2-16(12-17)22(29)26-24-13-15-4-10-20(11-5-15)32-14-21(28)25-18-6-8-19(9-7-18)27(30)31/h1-13H,14H2,(H,25,28)(H,26,29). The van der Waals surface area contributed by atoms with E-state index in [-0.39, 0.29) is 18.2 Å². The van der Waals surface area contributed by atoms with Gasteiger partial charge in [0.1, 0.15) is 5.75 Å². The molecule has 10 heteroatoms. The van der Waals surface area contributed by atoms with Crippen LogP contribution in [0.3, 0.4) is 0 Å². The molecule has 3 aromatic carbocycles. The van der Waals surface area contributed by atoms with Gasteiger partial charge in [-0.25, -0.2) is 5.43 Å². The summed E-state index contributed by atoms with van der Waals surface area (Å²) in [6.07, 6.45) is 1.49. The van der Waals surface area contributed by atoms with Gasteiger partial charge in [-0.15, -0.1) is 0 Å². The van der Waals surface area contributed by atoms with Crippen LogP contribution in [-0.2, 0) is 4.79 Å². The minimum atomic E-state index is -0.514. The van der Waals surface area contributed by atoms with Gasteiger partial charge in [0.25, 0.3) is 17.5 Å². The molecule has 9 nitrogen and oxygen atoms in total. The molecule has 0 aliphatic rings. The second-order valence-corrected chi connectivity index (χ2v) is 7.34. The maximum absolute atomic E-state index is 12.0. The largest absolute Gasteiger partial charge is 0.484 e. The van der Waals surface area contributed by atoms with Crippen molar-refractivity contribution in [2.45, 2.75) is 0 Å². The van der Waals surface area contributed by atoms with E-state index in [4.69, 9.17) is 4.74 Å². The molecule has 0 radical (unpaired) electrons. The Morgan fingerprint density at radius 2 is 1.78 bits per heavy atom. The summed E-state index contributed by atoms with van der Waals surface area (Å²) in [5.74, 6) is -0.263. The van der Waals surface area contributed by atoms with E-state index >= 15 is 0 Å². The summed E-state index contributed by atoms with van der Waals surface area (Å²) >= 11 is 3.31. The molecule has 0 unspecified atom stereocenters. The molecule has 0 spiro atoms. The predicted octanol–water partition coefficient (Wildman–Crippen LogP) is 4.14. The summed E-state index contributed by atoms with van der Waals surface area (Å²) in [5.41, 5.74) is 4.03. The summed E-state index contributed by atoms with van der Waals surface area (Å²) in [7, 11) is 0. The zero-order valence-electron chi connectivity index (χ0n) is 16.5. The molecule has 0 fully saturated rings. The van der Waals surface area contributed by atoms with Crippen molar-refractivity contribution in [1.82, 2.24) is 5.43 Å². The Labute approximate surface area is 191 Å². The van der Waals surface area contributed by atoms with E-state index in [1.54, 1.807) is 42.5 Å². The number of benzene rings is 3. The number of nitrogens with zero attached hydrogens (tertiary/aromatic N) is 2. The molecule has 2 N–H and O–H groups in total. The summed E-state index contributed by atoms with van der Waals surface area (Å²) in [6, 6.07) is 19.2. The molecule has 0 aromatic heterocycles. The summed E-state index contributed by atoms with van der Waals surface area (Å²) in [4.78, 5) is 34.1. The Hall–Kier alpha value is -4.05. The fourth-order valence-electron chi connectivity index (χ4n) is 2.52. The van der Waals surface area contributed by atoms with Gasteiger partial charge in [0, 0.05) is 27.9 Å². The van der Waals surface area contributed by atoms with Crippen LogP contribution in [-0.4, -0.2) is 29.6 Å². The second kappa shape index (κ2) is 10.8. The SMILES string of the molecule is O=C(COc1ccc(C=NNC(=O)c2cccc(Br)c2)cc1)Nc1ccc([N+](=O)[O-])cc1. The van der Waals surface area contributed by atoms with Gasteiger partial charge in [-0.2, -0.15) is 5.10 Å². The van der Waals surface area contributed by atoms with Gasteiger partial charge in [-0.05, 0) is 60.2 Å². The van der Waals surface area contributed by atoms with E-state index in [0.29, 0.717) is 17.0 Å². The number of nitro benzene ring substituents is 1. The lowest BCUT2D eigenvalue weighted by Crippen LogP contribution is -2.20. The van der Waals surface area contributed by atoms with E-state index in [9.17, 15) is 19.7 Å². The van der Waals surface area contributed by atoms with Crippen molar-refractivity contribution in [3.8, 4) is 5.75 Å². The van der Waals surface area contributed by atoms with Gasteiger partial charge in [-0.1, -0.05) is 22.0 Å². The van der Waals surface area contributed by atoms with Crippen LogP contribution in [0, 0.1) is 10.1 Å². The molecule has 0 saturated carbocycles. The highest BCUT2D eigenvalue weighted by Crippen LogP contribution is 2.16. The number of carbonyl (C=O) groups excluding carboxylic acids is 2. The normalized spacial score (nSPS) is 10.5. The molecular weight excluding hydrogens is 480 g/mol. The summed E-state index contributed by atoms with van der Waals surface area (Å²) < 4.78 is 6.23. The zero-order chi connectivity index (χ0) is 22.9. The smallest absolute Gasteiger partial charge is 0.271 e. The first-order chi connectivity index (χ1) is 15.4. The van der Waals surface area contributed by atoms with Crippen LogP contribution in [0.15, 0.2) is 82.4 Å². The number of hydrogen-bond acceptors (Lipinski definition) is 6. The molecule has 32 heavy (non-hydrogen) atoms. The van der Waals surface area contributed by atoms with Crippen molar-refractivity contribution in [1.29, 1.82) is 0 Å². The first-order valence-corrected chi connectivity index (χ1v) is 10.1. The fraction of sp³-hybridized carbons (Fsp3) is 0.0455. The van der Waals surface area contributed by atoms with Gasteiger partial charge in [0.2, 0.25) is 0 Å². The van der Waals surface area contributed by atoms with Crippen molar-refractivity contribution < 1.29 is 19.2 Å². The number of nitrogens with one attached hydrogen (secondary N) is 2. The highest BCUT2D eigenvalue weighted by Gasteiger charge is 2.07. The van der Waals surface area contributed by atoms with Crippen molar-refractivity contribution in [2.24, 2.45) is 5.10 Å². The maximum atomic E-state index is 12.0. The van der Waals surface area contributed by atoms with Crippen LogP contribution in [0.2, 0.25) is 0 Å². The highest BCUT2D eigenvalue weighted by atomic mass is 79.9. The molecule has 0 bridgehead atoms. The van der Waals surface area contributed by atoms with Crippen LogP contribution < -0.4 is 15.5 Å². The number of halogens is 1. The fourth-order valence-corrected chi connectivity index (χ4v) is 2.92. The number of hydrazone groups is 1. The molecule has 0 saturated heterocycles. The Balaban J connectivity index is 1.45. The summed E-state index contributed by atoms with van der Waals surface area (Å²) in [6.45, 7) is -0.229. The van der Waals surface area contributed by atoms with Crippen molar-refractivity contribution in [3.63, 3.8) is 0 Å². The minimum Gasteiger partial charge on any atom is -0.484 e. The quantitative estimate of drug-likeness (QED) is 0.275. The number of anilines is 1. The van der Waals surface area contributed by atoms with Crippen LogP contribution >= 0.6 is 15.9 Å². The Kier molecular flexibility index (Phi) is 7.65. The Morgan fingerprint density at radius 1 is 1.06 bits per heavy atom. The summed E-state index contributed by atoms with van der Waals surface area (Å²) in [5, 5.41) is 17.2. The van der Waals surface area contributed by atoms with E-state index in [1.165, 1.54) is 30.5 Å². The lowest BCUT2D eigenvalue weighted by Gasteiger charge is -2.07. The molecule has 0 atom stereocenters. The van der Waals surface area contributed by atoms with Crippen molar-refractivity contribution in [2.75, 3.05) is 11.9 Å². The molecule has 0 aliphatic heterocycles. The third-order valence-corrected chi connectivity index (χ3v) is 4.57. The number of ether oxygens (including phenoxy) is 1. The third kappa shape index (κ3) is 6.74. The van der Waals surface area contributed by atoms with Crippen LogP contribution in [0.25, 0.3) is 0 Å². The molecule has 3 aromatic rings. The van der Waals surface area contributed by atoms with Crippen LogP contribution in [0.1, 0.15) is 15.9 Å². The number of rotatable bonds is 8. The highest BCUT2D eigenvalue weighted by molar-refractivity contribution is 9.10. The van der Waals surface area contributed by atoms with Gasteiger partial charge >= 0.3 is 0 Å². The topological polar surface area (TPSA) is 123 Å². The molecular formula is C22H17BrN4O5. The van der Waals surface area contributed by atoms with Gasteiger partial charge in [0.15, 0.2) is 6.61 Å². The third-order valence-electron chi connectivity index (χ3n) is 4.08. The minimum absolute atomic E-state index is 0.0596. The Morgan fingerprint density at radius 3 is 2.44 bits per heavy atom. The average molecular weight is 497 g/mol. The van der Waals surface area contributed by atoms with Gasteiger partial charge in [-0.3, -0.25) is 19.7 Å². The average Bonchev–Trinajstić information content (AvgIpc) is 2.79. The van der Waals surface area contributed by atoms with E-state index in [1.807, 2.05) is 6.07 Å². The number of amides is 2. The lowest BCUT2D eigenvalue weighted by molar-refractivity contribution is -0.384. The number of nitro groups is 1. The Bertz CT molecular complexity index is 1150. The first-order valence-electron chi connectivity index (χ1n) is 9.27. The predicted molar refractivity (Wildman–Crippen MR) is 123 cm³/mol. The van der Waals surface area contributed by atoms with Gasteiger partial charge < -0.3 is 10.1 Å². The van der Waals surface area contributed by atoms with E-state index < -0.39 is 10.8 Å². The van der Waals surface area contributed by atoms with Gasteiger partial charge in [0.05, 0.1) is 11.1 Å². The molecule has 0 aliphatic carbocycles. The first kappa shape index (κ1) is 22.6. The molecule has 3 rings (SSSR count). The van der Waals surface area contributed by atoms with Crippen molar-refractivity contribution in [3.05, 3.63) is 98.5 Å². The number of hydrogen-bond donors (Lipinski definition) is 2. The van der Waals surface area contributed by atoms with E-state index in [2.05, 4.69) is 31.8 Å². The zero-order valence-corrected chi connectivity index (χ0v) is 18.1. The molecule has 0 heterocycles. The number of non-ortho nitro benzene ring substituents is 1. The molecule has 162 valence electrons. The second-order valence-electron chi connectivity index (χ2n) is 6.42. The van der Waals surface area contributed by atoms with Crippen LogP contribution in [0.4, 0.5) is 11.4 Å². The maximum Gasteiger partial charge on any atom is 0.271 e. The number of carbonyl (C=O) groups is 2.